The molecule has 0 N–H and O–H groups in total. The minimum Gasteiger partial charge on any atom is -0.294 e. The van der Waals surface area contributed by atoms with Gasteiger partial charge in [0.1, 0.15) is 11.6 Å². The van der Waals surface area contributed by atoms with Crippen LogP contribution in [-0.4, -0.2) is 35.8 Å². The maximum Gasteiger partial charge on any atom is 0.241 e. The molecule has 6 nitrogen and oxygen atoms in total. The molecule has 0 unspecified atom stereocenters. The standard InChI is InChI=1S/C42H35BN6/c1-26-15-21-37-40(45-26)34-20-18-30(23-35(34)41-47-46-27(2)48(37)41)43(29-11-7-6-8-12-29)31-17-19-33-32-13-9-10-14-36(32)49(38(33)24-31)39-22-16-28(25-44-39)42(3,4)5/h6-25H,1-5H3. The van der Waals surface area contributed by atoms with Crippen LogP contribution in [0.4, 0.5) is 0 Å². The first-order chi connectivity index (χ1) is 23.8. The van der Waals surface area contributed by atoms with E-state index in [9.17, 15) is 0 Å². The van der Waals surface area contributed by atoms with Gasteiger partial charge in [-0.25, -0.2) is 4.98 Å². The Morgan fingerprint density at radius 3 is 2.10 bits per heavy atom. The smallest absolute Gasteiger partial charge is 0.241 e. The minimum atomic E-state index is -0.0251. The summed E-state index contributed by atoms with van der Waals surface area (Å²) in [5, 5.41) is 13.7. The molecule has 9 rings (SSSR count). The number of para-hydroxylation sites is 1. The van der Waals surface area contributed by atoms with E-state index >= 15 is 0 Å². The van der Waals surface area contributed by atoms with E-state index in [1.807, 2.05) is 20.0 Å². The largest absolute Gasteiger partial charge is 0.294 e. The zero-order chi connectivity index (χ0) is 33.4. The van der Waals surface area contributed by atoms with Crippen LogP contribution in [-0.2, 0) is 5.41 Å². The maximum absolute atomic E-state index is 5.02. The van der Waals surface area contributed by atoms with Gasteiger partial charge in [0.25, 0.3) is 0 Å². The van der Waals surface area contributed by atoms with Crippen molar-refractivity contribution in [2.45, 2.75) is 40.0 Å². The number of aryl methyl sites for hydroxylation is 2. The number of aromatic nitrogens is 6. The number of fused-ring (bicyclic) bond motifs is 9. The Bertz CT molecular complexity index is 2720. The van der Waals surface area contributed by atoms with Gasteiger partial charge in [-0.05, 0) is 55.2 Å². The van der Waals surface area contributed by atoms with Gasteiger partial charge in [0, 0.05) is 33.4 Å². The fraction of sp³-hybridized carbons (Fsp3) is 0.143. The van der Waals surface area contributed by atoms with Gasteiger partial charge in [0.2, 0.25) is 6.71 Å². The van der Waals surface area contributed by atoms with Crippen molar-refractivity contribution in [2.75, 3.05) is 0 Å². The van der Waals surface area contributed by atoms with Crippen LogP contribution in [0.3, 0.4) is 0 Å². The van der Waals surface area contributed by atoms with Crippen molar-refractivity contribution < 1.29 is 0 Å². The van der Waals surface area contributed by atoms with Gasteiger partial charge >= 0.3 is 0 Å². The van der Waals surface area contributed by atoms with Crippen LogP contribution < -0.4 is 16.4 Å². The van der Waals surface area contributed by atoms with Crippen LogP contribution in [0.2, 0.25) is 0 Å². The van der Waals surface area contributed by atoms with Crippen LogP contribution in [0.1, 0.15) is 37.9 Å². The van der Waals surface area contributed by atoms with Crippen molar-refractivity contribution in [1.82, 2.24) is 29.1 Å². The van der Waals surface area contributed by atoms with Gasteiger partial charge in [-0.1, -0.05) is 122 Å². The average Bonchev–Trinajstić information content (AvgIpc) is 3.66. The third-order valence-corrected chi connectivity index (χ3v) is 9.96. The molecular formula is C42H35BN6. The predicted molar refractivity (Wildman–Crippen MR) is 204 cm³/mol. The molecule has 49 heavy (non-hydrogen) atoms. The molecule has 0 bridgehead atoms. The molecule has 7 heteroatoms. The Balaban J connectivity index is 1.30. The summed E-state index contributed by atoms with van der Waals surface area (Å²) >= 11 is 0. The van der Waals surface area contributed by atoms with E-state index in [1.165, 1.54) is 32.7 Å². The third-order valence-electron chi connectivity index (χ3n) is 9.96. The fourth-order valence-electron chi connectivity index (χ4n) is 7.48. The third kappa shape index (κ3) is 4.64. The quantitative estimate of drug-likeness (QED) is 0.150. The van der Waals surface area contributed by atoms with Gasteiger partial charge in [-0.15, -0.1) is 10.2 Å². The molecule has 0 spiro atoms. The van der Waals surface area contributed by atoms with E-state index in [2.05, 4.69) is 155 Å². The Morgan fingerprint density at radius 2 is 1.33 bits per heavy atom. The highest BCUT2D eigenvalue weighted by atomic mass is 15.2. The van der Waals surface area contributed by atoms with Gasteiger partial charge in [0.05, 0.1) is 22.1 Å². The summed E-state index contributed by atoms with van der Waals surface area (Å²) in [6.07, 6.45) is 2.02. The Kier molecular flexibility index (Phi) is 6.50. The molecule has 0 saturated carbocycles. The molecule has 9 aromatic rings. The molecule has 5 aromatic heterocycles. The van der Waals surface area contributed by atoms with E-state index in [1.54, 1.807) is 0 Å². The minimum absolute atomic E-state index is 0.0251. The molecule has 0 radical (unpaired) electrons. The molecule has 0 saturated heterocycles. The average molecular weight is 635 g/mol. The predicted octanol–water partition coefficient (Wildman–Crippen LogP) is 7.35. The lowest BCUT2D eigenvalue weighted by atomic mass is 9.37. The summed E-state index contributed by atoms with van der Waals surface area (Å²) < 4.78 is 4.44. The molecule has 0 fully saturated rings. The number of hydrogen-bond acceptors (Lipinski definition) is 4. The molecule has 0 aliphatic carbocycles. The number of pyridine rings is 3. The summed E-state index contributed by atoms with van der Waals surface area (Å²) in [6, 6.07) is 41.7. The van der Waals surface area contributed by atoms with E-state index < -0.39 is 0 Å². The van der Waals surface area contributed by atoms with Crippen molar-refractivity contribution in [3.8, 4) is 5.82 Å². The van der Waals surface area contributed by atoms with Crippen LogP contribution >= 0.6 is 0 Å². The zero-order valence-electron chi connectivity index (χ0n) is 28.3. The highest BCUT2D eigenvalue weighted by molar-refractivity contribution is 6.95. The second-order valence-electron chi connectivity index (χ2n) is 14.2. The summed E-state index contributed by atoms with van der Waals surface area (Å²) in [5.41, 5.74) is 10.9. The lowest BCUT2D eigenvalue weighted by Gasteiger charge is -2.19. The van der Waals surface area contributed by atoms with Crippen molar-refractivity contribution in [1.29, 1.82) is 0 Å². The first-order valence-corrected chi connectivity index (χ1v) is 16.9. The Labute approximate surface area is 285 Å². The van der Waals surface area contributed by atoms with Gasteiger partial charge in [-0.2, -0.15) is 0 Å². The number of hydrogen-bond donors (Lipinski definition) is 0. The molecule has 5 heterocycles. The highest BCUT2D eigenvalue weighted by Gasteiger charge is 2.25. The van der Waals surface area contributed by atoms with E-state index in [-0.39, 0.29) is 12.1 Å². The fourth-order valence-corrected chi connectivity index (χ4v) is 7.48. The first-order valence-electron chi connectivity index (χ1n) is 16.9. The molecule has 0 amide bonds. The molecule has 4 aromatic carbocycles. The Hall–Kier alpha value is -5.82. The second kappa shape index (κ2) is 10.9. The molecule has 0 aliphatic heterocycles. The maximum atomic E-state index is 5.02. The molecule has 236 valence electrons. The van der Waals surface area contributed by atoms with Crippen LogP contribution in [0.25, 0.3) is 55.1 Å². The number of rotatable bonds is 4. The van der Waals surface area contributed by atoms with Crippen LogP contribution in [0, 0.1) is 13.8 Å². The lowest BCUT2D eigenvalue weighted by Crippen LogP contribution is -2.51. The topological polar surface area (TPSA) is 60.9 Å². The monoisotopic (exact) mass is 634 g/mol. The van der Waals surface area contributed by atoms with Gasteiger partial charge in [-0.3, -0.25) is 14.0 Å². The summed E-state index contributed by atoms with van der Waals surface area (Å²) in [7, 11) is 0. The van der Waals surface area contributed by atoms with Gasteiger partial charge < -0.3 is 0 Å². The lowest BCUT2D eigenvalue weighted by molar-refractivity contribution is 0.587. The normalized spacial score (nSPS) is 12.2. The van der Waals surface area contributed by atoms with E-state index in [0.717, 1.165) is 55.8 Å². The van der Waals surface area contributed by atoms with Crippen molar-refractivity contribution in [3.05, 3.63) is 139 Å². The SMILES string of the molecule is Cc1ccc2c(n1)c1ccc(B(c3ccccc3)c3ccc4c5ccccc5n(-c5ccc(C(C)(C)C)cn5)c4c3)cc1c1nnc(C)n21. The highest BCUT2D eigenvalue weighted by Crippen LogP contribution is 2.32. The summed E-state index contributed by atoms with van der Waals surface area (Å²) in [6.45, 7) is 10.7. The van der Waals surface area contributed by atoms with E-state index in [0.29, 0.717) is 0 Å². The Morgan fingerprint density at radius 1 is 0.592 bits per heavy atom. The van der Waals surface area contributed by atoms with Crippen molar-refractivity contribution in [2.24, 2.45) is 0 Å². The number of benzene rings is 4. The summed E-state index contributed by atoms with van der Waals surface area (Å²) in [4.78, 5) is 10.0. The van der Waals surface area contributed by atoms with Crippen molar-refractivity contribution >= 4 is 72.4 Å². The first kappa shape index (κ1) is 29.3. The second-order valence-corrected chi connectivity index (χ2v) is 14.2. The summed E-state index contributed by atoms with van der Waals surface area (Å²) in [5.74, 6) is 1.76. The molecule has 0 atom stereocenters. The van der Waals surface area contributed by atoms with Crippen LogP contribution in [0.15, 0.2) is 121 Å². The van der Waals surface area contributed by atoms with Gasteiger partial charge in [0.15, 0.2) is 5.65 Å². The number of nitrogens with zero attached hydrogens (tertiary/aromatic N) is 6. The van der Waals surface area contributed by atoms with Crippen LogP contribution in [0.5, 0.6) is 0 Å². The molecular weight excluding hydrogens is 599 g/mol. The van der Waals surface area contributed by atoms with Crippen molar-refractivity contribution in [3.63, 3.8) is 0 Å². The zero-order valence-corrected chi connectivity index (χ0v) is 28.3. The molecule has 0 aliphatic rings. The van der Waals surface area contributed by atoms with E-state index in [4.69, 9.17) is 9.97 Å².